The van der Waals surface area contributed by atoms with Gasteiger partial charge < -0.3 is 0 Å². The summed E-state index contributed by atoms with van der Waals surface area (Å²) < 4.78 is 27.2. The Kier molecular flexibility index (Phi) is 3.00. The van der Waals surface area contributed by atoms with Crippen molar-refractivity contribution in [3.63, 3.8) is 0 Å². The van der Waals surface area contributed by atoms with E-state index in [-0.39, 0.29) is 5.56 Å². The van der Waals surface area contributed by atoms with Gasteiger partial charge in [0.2, 0.25) is 0 Å². The van der Waals surface area contributed by atoms with Crippen molar-refractivity contribution in [2.24, 2.45) is 0 Å². The number of halogens is 2. The van der Waals surface area contributed by atoms with Crippen LogP contribution in [0.5, 0.6) is 0 Å². The quantitative estimate of drug-likeness (QED) is 0.724. The second-order valence-electron chi connectivity index (χ2n) is 3.80. The van der Waals surface area contributed by atoms with E-state index in [1.165, 1.54) is 12.1 Å². The summed E-state index contributed by atoms with van der Waals surface area (Å²) in [6.45, 7) is 1.57. The molecule has 0 N–H and O–H groups in total. The minimum absolute atomic E-state index is 0.272. The molecule has 0 aromatic heterocycles. The Morgan fingerprint density at radius 1 is 1.00 bits per heavy atom. The summed E-state index contributed by atoms with van der Waals surface area (Å²) in [7, 11) is 0. The zero-order chi connectivity index (χ0) is 12.4. The maximum Gasteiger partial charge on any atom is 0.198 e. The lowest BCUT2D eigenvalue weighted by Crippen LogP contribution is -2.07. The summed E-state index contributed by atoms with van der Waals surface area (Å²) in [6.07, 6.45) is 0. The van der Waals surface area contributed by atoms with Gasteiger partial charge in [0.05, 0.1) is 5.56 Å². The van der Waals surface area contributed by atoms with Crippen molar-refractivity contribution in [2.45, 2.75) is 6.92 Å². The van der Waals surface area contributed by atoms with Crippen LogP contribution in [0.3, 0.4) is 0 Å². The molecule has 0 fully saturated rings. The molecule has 86 valence electrons. The molecule has 0 aliphatic carbocycles. The van der Waals surface area contributed by atoms with Crippen LogP contribution in [0.15, 0.2) is 42.5 Å². The van der Waals surface area contributed by atoms with E-state index in [0.29, 0.717) is 5.56 Å². The summed E-state index contributed by atoms with van der Waals surface area (Å²) >= 11 is 0. The van der Waals surface area contributed by atoms with Crippen molar-refractivity contribution in [2.75, 3.05) is 0 Å². The molecular weight excluding hydrogens is 222 g/mol. The van der Waals surface area contributed by atoms with Crippen molar-refractivity contribution >= 4 is 5.78 Å². The zero-order valence-corrected chi connectivity index (χ0v) is 9.21. The van der Waals surface area contributed by atoms with Gasteiger partial charge in [0.25, 0.3) is 0 Å². The monoisotopic (exact) mass is 232 g/mol. The number of carbonyl (C=O) groups is 1. The smallest absolute Gasteiger partial charge is 0.198 e. The van der Waals surface area contributed by atoms with Gasteiger partial charge in [-0.2, -0.15) is 0 Å². The van der Waals surface area contributed by atoms with Gasteiger partial charge in [0, 0.05) is 5.56 Å². The van der Waals surface area contributed by atoms with Gasteiger partial charge >= 0.3 is 0 Å². The average Bonchev–Trinajstić information content (AvgIpc) is 2.28. The third-order valence-electron chi connectivity index (χ3n) is 2.45. The SMILES string of the molecule is Cc1cc(F)c(C(=O)c2ccccc2)c(F)c1. The van der Waals surface area contributed by atoms with Gasteiger partial charge in [-0.3, -0.25) is 4.79 Å². The highest BCUT2D eigenvalue weighted by Gasteiger charge is 2.19. The fraction of sp³-hybridized carbons (Fsp3) is 0.0714. The molecule has 0 bridgehead atoms. The lowest BCUT2D eigenvalue weighted by Gasteiger charge is -2.05. The molecule has 2 aromatic carbocycles. The molecule has 0 aliphatic rings. The van der Waals surface area contributed by atoms with E-state index < -0.39 is 23.0 Å². The topological polar surface area (TPSA) is 17.1 Å². The molecule has 1 nitrogen and oxygen atoms in total. The molecule has 0 radical (unpaired) electrons. The fourth-order valence-corrected chi connectivity index (χ4v) is 1.65. The lowest BCUT2D eigenvalue weighted by molar-refractivity contribution is 0.103. The summed E-state index contributed by atoms with van der Waals surface area (Å²) in [6, 6.07) is 10.4. The molecule has 0 amide bonds. The van der Waals surface area contributed by atoms with Crippen molar-refractivity contribution in [3.05, 3.63) is 70.8 Å². The largest absolute Gasteiger partial charge is 0.288 e. The molecule has 2 rings (SSSR count). The van der Waals surface area contributed by atoms with Crippen molar-refractivity contribution in [3.8, 4) is 0 Å². The molecule has 0 saturated heterocycles. The molecule has 2 aromatic rings. The first-order valence-electron chi connectivity index (χ1n) is 5.15. The second kappa shape index (κ2) is 4.45. The van der Waals surface area contributed by atoms with Crippen LogP contribution < -0.4 is 0 Å². The van der Waals surface area contributed by atoms with Gasteiger partial charge in [-0.1, -0.05) is 30.3 Å². The predicted molar refractivity (Wildman–Crippen MR) is 61.0 cm³/mol. The minimum Gasteiger partial charge on any atom is -0.288 e. The van der Waals surface area contributed by atoms with Crippen LogP contribution in [0.4, 0.5) is 8.78 Å². The summed E-state index contributed by atoms with van der Waals surface area (Å²) in [5.74, 6) is -2.28. The lowest BCUT2D eigenvalue weighted by atomic mass is 10.0. The van der Waals surface area contributed by atoms with Crippen molar-refractivity contribution < 1.29 is 13.6 Å². The van der Waals surface area contributed by atoms with Gasteiger partial charge in [-0.25, -0.2) is 8.78 Å². The fourth-order valence-electron chi connectivity index (χ4n) is 1.65. The maximum absolute atomic E-state index is 13.6. The van der Waals surface area contributed by atoms with E-state index in [1.807, 2.05) is 0 Å². The van der Waals surface area contributed by atoms with Gasteiger partial charge in [0.15, 0.2) is 5.78 Å². The second-order valence-corrected chi connectivity index (χ2v) is 3.80. The zero-order valence-electron chi connectivity index (χ0n) is 9.21. The van der Waals surface area contributed by atoms with E-state index in [1.54, 1.807) is 25.1 Å². The number of ketones is 1. The Hall–Kier alpha value is -2.03. The predicted octanol–water partition coefficient (Wildman–Crippen LogP) is 3.50. The Balaban J connectivity index is 2.52. The maximum atomic E-state index is 13.6. The normalized spacial score (nSPS) is 10.3. The van der Waals surface area contributed by atoms with Gasteiger partial charge in [-0.15, -0.1) is 0 Å². The third kappa shape index (κ3) is 2.23. The summed E-state index contributed by atoms with van der Waals surface area (Å²) in [5, 5.41) is 0. The Morgan fingerprint density at radius 3 is 2.06 bits per heavy atom. The van der Waals surface area contributed by atoms with Crippen LogP contribution in [-0.4, -0.2) is 5.78 Å². The standard InChI is InChI=1S/C14H10F2O/c1-9-7-11(15)13(12(16)8-9)14(17)10-5-3-2-4-6-10/h2-8H,1H3. The van der Waals surface area contributed by atoms with Crippen LogP contribution in [0.2, 0.25) is 0 Å². The molecule has 0 unspecified atom stereocenters. The first-order valence-corrected chi connectivity index (χ1v) is 5.15. The number of hydrogen-bond acceptors (Lipinski definition) is 1. The van der Waals surface area contributed by atoms with E-state index in [4.69, 9.17) is 0 Å². The Bertz CT molecular complexity index is 539. The molecule has 0 aliphatic heterocycles. The molecule has 0 heterocycles. The van der Waals surface area contributed by atoms with Gasteiger partial charge in [-0.05, 0) is 24.6 Å². The summed E-state index contributed by atoms with van der Waals surface area (Å²) in [4.78, 5) is 11.9. The highest BCUT2D eigenvalue weighted by Crippen LogP contribution is 2.18. The van der Waals surface area contributed by atoms with Crippen molar-refractivity contribution in [1.82, 2.24) is 0 Å². The van der Waals surface area contributed by atoms with Crippen LogP contribution in [0, 0.1) is 18.6 Å². The van der Waals surface area contributed by atoms with Crippen LogP contribution >= 0.6 is 0 Å². The highest BCUT2D eigenvalue weighted by molar-refractivity contribution is 6.09. The molecule has 0 atom stereocenters. The van der Waals surface area contributed by atoms with Gasteiger partial charge in [0.1, 0.15) is 11.6 Å². The Morgan fingerprint density at radius 2 is 1.53 bits per heavy atom. The number of aryl methyl sites for hydroxylation is 1. The van der Waals surface area contributed by atoms with Crippen LogP contribution in [0.1, 0.15) is 21.5 Å². The van der Waals surface area contributed by atoms with Crippen LogP contribution in [0.25, 0.3) is 0 Å². The molecule has 3 heteroatoms. The van der Waals surface area contributed by atoms with E-state index in [2.05, 4.69) is 0 Å². The van der Waals surface area contributed by atoms with E-state index in [9.17, 15) is 13.6 Å². The average molecular weight is 232 g/mol. The first kappa shape index (κ1) is 11.5. The van der Waals surface area contributed by atoms with E-state index in [0.717, 1.165) is 12.1 Å². The molecule has 0 saturated carbocycles. The third-order valence-corrected chi connectivity index (χ3v) is 2.45. The van der Waals surface area contributed by atoms with E-state index >= 15 is 0 Å². The Labute approximate surface area is 97.7 Å². The highest BCUT2D eigenvalue weighted by atomic mass is 19.1. The molecule has 0 spiro atoms. The minimum atomic E-state index is -0.823. The number of benzene rings is 2. The molecular formula is C14H10F2O. The number of hydrogen-bond donors (Lipinski definition) is 0. The van der Waals surface area contributed by atoms with Crippen molar-refractivity contribution in [1.29, 1.82) is 0 Å². The van der Waals surface area contributed by atoms with Crippen LogP contribution in [-0.2, 0) is 0 Å². The summed E-state index contributed by atoms with van der Waals surface area (Å²) in [5.41, 5.74) is 0.223. The number of rotatable bonds is 2. The molecule has 17 heavy (non-hydrogen) atoms. The number of carbonyl (C=O) groups excluding carboxylic acids is 1. The first-order chi connectivity index (χ1) is 8.09.